The summed E-state index contributed by atoms with van der Waals surface area (Å²) in [5, 5.41) is 9.97. The molecule has 10 rings (SSSR count). The highest BCUT2D eigenvalue weighted by Gasteiger charge is 2.60. The van der Waals surface area contributed by atoms with Crippen LogP contribution in [0.1, 0.15) is 101 Å². The van der Waals surface area contributed by atoms with Crippen molar-refractivity contribution >= 4 is 11.4 Å². The minimum absolute atomic E-state index is 0.0940. The van der Waals surface area contributed by atoms with Gasteiger partial charge in [0, 0.05) is 11.8 Å². The number of rotatable bonds is 10. The SMILES string of the molecule is O=C(CCCCCOc1ccc(C(=C2C3CC4CC(C3)CC2C4)c2ccc(O)cc2)cc1)C12CC3CC(CC1C3)C2. The van der Waals surface area contributed by atoms with Crippen LogP contribution in [0.2, 0.25) is 0 Å². The van der Waals surface area contributed by atoms with Crippen molar-refractivity contribution in [2.75, 3.05) is 6.61 Å². The van der Waals surface area contributed by atoms with Crippen molar-refractivity contribution in [1.82, 2.24) is 0 Å². The van der Waals surface area contributed by atoms with Crippen LogP contribution in [-0.2, 0) is 4.79 Å². The molecular formula is C38H46O3. The average Bonchev–Trinajstić information content (AvgIpc) is 3.37. The number of aromatic hydroxyl groups is 1. The molecule has 2 aromatic carbocycles. The summed E-state index contributed by atoms with van der Waals surface area (Å²) in [5.41, 5.74) is 5.68. The molecule has 0 radical (unpaired) electrons. The van der Waals surface area contributed by atoms with Gasteiger partial charge in [0.05, 0.1) is 6.61 Å². The van der Waals surface area contributed by atoms with E-state index in [1.807, 2.05) is 12.1 Å². The predicted molar refractivity (Wildman–Crippen MR) is 163 cm³/mol. The Kier molecular flexibility index (Phi) is 6.57. The summed E-state index contributed by atoms with van der Waals surface area (Å²) in [4.78, 5) is 13.2. The fraction of sp³-hybridized carbons (Fsp3) is 0.605. The van der Waals surface area contributed by atoms with Crippen LogP contribution in [0, 0.1) is 46.8 Å². The van der Waals surface area contributed by atoms with E-state index in [1.165, 1.54) is 80.9 Å². The Morgan fingerprint density at radius 2 is 1.29 bits per heavy atom. The zero-order valence-corrected chi connectivity index (χ0v) is 24.5. The van der Waals surface area contributed by atoms with Crippen molar-refractivity contribution < 1.29 is 14.6 Å². The normalized spacial score (nSPS) is 35.8. The number of hydrogen-bond donors (Lipinski definition) is 1. The number of carbonyl (C=O) groups excluding carboxylic acids is 1. The van der Waals surface area contributed by atoms with Crippen molar-refractivity contribution in [2.45, 2.75) is 89.9 Å². The first-order valence-corrected chi connectivity index (χ1v) is 16.8. The van der Waals surface area contributed by atoms with Crippen LogP contribution in [0.15, 0.2) is 54.1 Å². The molecule has 8 aliphatic carbocycles. The van der Waals surface area contributed by atoms with Gasteiger partial charge in [0.1, 0.15) is 17.3 Å². The number of benzene rings is 2. The average molecular weight is 551 g/mol. The summed E-state index contributed by atoms with van der Waals surface area (Å²) in [5.74, 6) is 7.60. The monoisotopic (exact) mass is 550 g/mol. The van der Waals surface area contributed by atoms with Gasteiger partial charge >= 0.3 is 0 Å². The van der Waals surface area contributed by atoms with Crippen LogP contribution in [0.5, 0.6) is 11.5 Å². The molecule has 8 aliphatic rings. The van der Waals surface area contributed by atoms with E-state index in [2.05, 4.69) is 36.4 Å². The van der Waals surface area contributed by atoms with E-state index in [0.717, 1.165) is 72.9 Å². The summed E-state index contributed by atoms with van der Waals surface area (Å²) >= 11 is 0. The largest absolute Gasteiger partial charge is 0.508 e. The summed E-state index contributed by atoms with van der Waals surface area (Å²) in [6, 6.07) is 16.6. The van der Waals surface area contributed by atoms with Gasteiger partial charge in [0.2, 0.25) is 0 Å². The van der Waals surface area contributed by atoms with Gasteiger partial charge in [-0.15, -0.1) is 0 Å². The molecule has 0 amide bonds. The number of unbranched alkanes of at least 4 members (excludes halogenated alkanes) is 2. The summed E-state index contributed by atoms with van der Waals surface area (Å²) in [7, 11) is 0. The van der Waals surface area contributed by atoms with Crippen molar-refractivity contribution in [2.24, 2.45) is 46.8 Å². The van der Waals surface area contributed by atoms with Crippen molar-refractivity contribution in [3.8, 4) is 11.5 Å². The van der Waals surface area contributed by atoms with Crippen LogP contribution in [-0.4, -0.2) is 17.5 Å². The Morgan fingerprint density at radius 3 is 1.93 bits per heavy atom. The van der Waals surface area contributed by atoms with Gasteiger partial charge in [0.15, 0.2) is 0 Å². The fourth-order valence-electron chi connectivity index (χ4n) is 11.2. The Bertz CT molecular complexity index is 1270. The molecule has 8 saturated carbocycles. The first-order valence-electron chi connectivity index (χ1n) is 16.8. The van der Waals surface area contributed by atoms with Crippen LogP contribution < -0.4 is 4.74 Å². The van der Waals surface area contributed by atoms with E-state index < -0.39 is 0 Å². The molecule has 2 atom stereocenters. The van der Waals surface area contributed by atoms with E-state index in [1.54, 1.807) is 5.57 Å². The molecule has 216 valence electrons. The molecule has 3 nitrogen and oxygen atoms in total. The number of allylic oxidation sites excluding steroid dienone is 1. The third-order valence-electron chi connectivity index (χ3n) is 12.5. The number of ether oxygens (including phenoxy) is 1. The fourth-order valence-corrected chi connectivity index (χ4v) is 11.2. The number of ketones is 1. The van der Waals surface area contributed by atoms with Crippen LogP contribution in [0.3, 0.4) is 0 Å². The quantitative estimate of drug-likeness (QED) is 0.300. The van der Waals surface area contributed by atoms with Gasteiger partial charge in [-0.2, -0.15) is 0 Å². The second-order valence-electron chi connectivity index (χ2n) is 15.0. The maximum atomic E-state index is 13.2. The van der Waals surface area contributed by atoms with E-state index in [-0.39, 0.29) is 5.41 Å². The molecule has 1 N–H and O–H groups in total. The van der Waals surface area contributed by atoms with E-state index >= 15 is 0 Å². The predicted octanol–water partition coefficient (Wildman–Crippen LogP) is 8.98. The highest BCUT2D eigenvalue weighted by molar-refractivity contribution is 5.86. The second kappa shape index (κ2) is 10.3. The number of carbonyl (C=O) groups is 1. The maximum absolute atomic E-state index is 13.2. The van der Waals surface area contributed by atoms with Crippen LogP contribution in [0.25, 0.3) is 5.57 Å². The number of phenolic OH excluding ortho intramolecular Hbond substituents is 1. The molecular weight excluding hydrogens is 504 g/mol. The van der Waals surface area contributed by atoms with Crippen molar-refractivity contribution in [3.63, 3.8) is 0 Å². The first-order chi connectivity index (χ1) is 20.0. The minimum Gasteiger partial charge on any atom is -0.508 e. The maximum Gasteiger partial charge on any atom is 0.139 e. The smallest absolute Gasteiger partial charge is 0.139 e. The third-order valence-corrected chi connectivity index (χ3v) is 12.5. The lowest BCUT2D eigenvalue weighted by Gasteiger charge is -2.52. The van der Waals surface area contributed by atoms with Gasteiger partial charge in [-0.25, -0.2) is 0 Å². The molecule has 8 bridgehead atoms. The van der Waals surface area contributed by atoms with E-state index in [4.69, 9.17) is 4.74 Å². The van der Waals surface area contributed by atoms with Gasteiger partial charge in [0.25, 0.3) is 0 Å². The summed E-state index contributed by atoms with van der Waals surface area (Å²) in [6.45, 7) is 0.713. The topological polar surface area (TPSA) is 46.5 Å². The highest BCUT2D eigenvalue weighted by Crippen LogP contribution is 2.66. The van der Waals surface area contributed by atoms with E-state index in [0.29, 0.717) is 18.1 Å². The lowest BCUT2D eigenvalue weighted by Crippen LogP contribution is -2.40. The Labute approximate surface area is 245 Å². The van der Waals surface area contributed by atoms with E-state index in [9.17, 15) is 9.90 Å². The minimum atomic E-state index is 0.0940. The van der Waals surface area contributed by atoms with Gasteiger partial charge in [-0.3, -0.25) is 4.79 Å². The standard InChI is InChI=1S/C38H46O3/c39-33-9-5-28(6-10-33)36(37-30-16-24-14-25(18-30)19-31(37)17-24)29-7-11-34(12-8-29)41-13-3-1-2-4-35(40)38-22-26-15-27(23-38)21-32(38)20-26/h5-12,24-27,30-32,39H,1-4,13-23H2. The molecule has 0 aromatic heterocycles. The Hall–Kier alpha value is -2.55. The first kappa shape index (κ1) is 26.1. The van der Waals surface area contributed by atoms with Crippen LogP contribution in [0.4, 0.5) is 0 Å². The van der Waals surface area contributed by atoms with Gasteiger partial charge < -0.3 is 9.84 Å². The summed E-state index contributed by atoms with van der Waals surface area (Å²) < 4.78 is 6.16. The molecule has 0 saturated heterocycles. The molecule has 0 aliphatic heterocycles. The van der Waals surface area contributed by atoms with Gasteiger partial charge in [-0.1, -0.05) is 29.8 Å². The molecule has 0 heterocycles. The Morgan fingerprint density at radius 1 is 0.707 bits per heavy atom. The second-order valence-corrected chi connectivity index (χ2v) is 15.0. The van der Waals surface area contributed by atoms with Gasteiger partial charge in [-0.05, 0) is 166 Å². The molecule has 2 unspecified atom stereocenters. The summed E-state index contributed by atoms with van der Waals surface area (Å²) in [6.07, 6.45) is 17.3. The number of Topliss-reactive ketones (excluding diaryl/α,β-unsaturated/α-hetero) is 1. The van der Waals surface area contributed by atoms with Crippen LogP contribution >= 0.6 is 0 Å². The molecule has 3 heteroatoms. The highest BCUT2D eigenvalue weighted by atomic mass is 16.5. The lowest BCUT2D eigenvalue weighted by atomic mass is 9.53. The zero-order chi connectivity index (χ0) is 27.6. The molecule has 0 spiro atoms. The molecule has 8 fully saturated rings. The number of hydrogen-bond acceptors (Lipinski definition) is 3. The zero-order valence-electron chi connectivity index (χ0n) is 24.5. The van der Waals surface area contributed by atoms with Crippen molar-refractivity contribution in [1.29, 1.82) is 0 Å². The molecule has 41 heavy (non-hydrogen) atoms. The third kappa shape index (κ3) is 4.66. The Balaban J connectivity index is 0.891. The number of phenols is 1. The lowest BCUT2D eigenvalue weighted by molar-refractivity contribution is -0.130. The molecule has 2 aromatic rings. The van der Waals surface area contributed by atoms with Crippen molar-refractivity contribution in [3.05, 3.63) is 65.2 Å².